The second-order valence-corrected chi connectivity index (χ2v) is 5.76. The largest absolute Gasteiger partial charge is 0.496 e. The lowest BCUT2D eigenvalue weighted by Gasteiger charge is -2.33. The molecule has 5 nitrogen and oxygen atoms in total. The normalized spacial score (nSPS) is 18.8. The highest BCUT2D eigenvalue weighted by atomic mass is 16.6. The summed E-state index contributed by atoms with van der Waals surface area (Å²) in [4.78, 5) is 11.8. The van der Waals surface area contributed by atoms with Crippen LogP contribution in [0, 0.1) is 0 Å². The fourth-order valence-corrected chi connectivity index (χ4v) is 3.18. The lowest BCUT2D eigenvalue weighted by Crippen LogP contribution is -2.39. The lowest BCUT2D eigenvalue weighted by atomic mass is 9.95. The molecular weight excluding hydrogens is 320 g/mol. The Labute approximate surface area is 144 Å². The second kappa shape index (κ2) is 6.02. The van der Waals surface area contributed by atoms with Crippen LogP contribution in [0.5, 0.6) is 17.2 Å². The third-order valence-corrected chi connectivity index (χ3v) is 4.31. The van der Waals surface area contributed by atoms with E-state index >= 15 is 0 Å². The van der Waals surface area contributed by atoms with E-state index in [2.05, 4.69) is 0 Å². The minimum atomic E-state index is -1.17. The van der Waals surface area contributed by atoms with Crippen molar-refractivity contribution in [3.05, 3.63) is 66.2 Å². The Hall–Kier alpha value is -3.21. The van der Waals surface area contributed by atoms with Crippen LogP contribution in [0.2, 0.25) is 0 Å². The van der Waals surface area contributed by atoms with Gasteiger partial charge in [0.2, 0.25) is 6.10 Å². The van der Waals surface area contributed by atoms with E-state index in [1.165, 1.54) is 0 Å². The van der Waals surface area contributed by atoms with Crippen molar-refractivity contribution in [1.29, 1.82) is 0 Å². The van der Waals surface area contributed by atoms with E-state index in [4.69, 9.17) is 14.2 Å². The van der Waals surface area contributed by atoms with Crippen LogP contribution in [-0.2, 0) is 4.79 Å². The van der Waals surface area contributed by atoms with Gasteiger partial charge in [0.15, 0.2) is 17.6 Å². The molecule has 0 fully saturated rings. The van der Waals surface area contributed by atoms with Gasteiger partial charge in [-0.05, 0) is 29.0 Å². The molecule has 2 unspecified atom stereocenters. The van der Waals surface area contributed by atoms with Gasteiger partial charge in [-0.3, -0.25) is 0 Å². The predicted molar refractivity (Wildman–Crippen MR) is 92.4 cm³/mol. The van der Waals surface area contributed by atoms with E-state index in [1.54, 1.807) is 25.3 Å². The van der Waals surface area contributed by atoms with Crippen LogP contribution in [-0.4, -0.2) is 24.3 Å². The van der Waals surface area contributed by atoms with E-state index in [0.717, 1.165) is 10.8 Å². The third kappa shape index (κ3) is 2.54. The molecule has 3 aromatic rings. The zero-order valence-electron chi connectivity index (χ0n) is 13.5. The van der Waals surface area contributed by atoms with Crippen molar-refractivity contribution in [3.63, 3.8) is 0 Å². The number of carboxylic acids is 1. The van der Waals surface area contributed by atoms with Crippen LogP contribution < -0.4 is 14.2 Å². The van der Waals surface area contributed by atoms with E-state index in [1.807, 2.05) is 42.5 Å². The maximum atomic E-state index is 11.8. The molecule has 0 bridgehead atoms. The monoisotopic (exact) mass is 336 g/mol. The van der Waals surface area contributed by atoms with Crippen LogP contribution in [0.4, 0.5) is 0 Å². The molecule has 3 aromatic carbocycles. The molecule has 1 heterocycles. The number of fused-ring (bicyclic) bond motifs is 2. The number of hydrogen-bond acceptors (Lipinski definition) is 4. The van der Waals surface area contributed by atoms with Crippen molar-refractivity contribution in [2.75, 3.05) is 7.11 Å². The Morgan fingerprint density at radius 2 is 1.64 bits per heavy atom. The number of hydrogen-bond donors (Lipinski definition) is 1. The molecule has 1 aliphatic heterocycles. The summed E-state index contributed by atoms with van der Waals surface area (Å²) in [6.07, 6.45) is -2.00. The summed E-state index contributed by atoms with van der Waals surface area (Å²) in [5, 5.41) is 11.5. The van der Waals surface area contributed by atoms with Crippen molar-refractivity contribution < 1.29 is 24.1 Å². The molecule has 0 spiro atoms. The Morgan fingerprint density at radius 3 is 2.36 bits per heavy atom. The van der Waals surface area contributed by atoms with E-state index < -0.39 is 18.2 Å². The molecule has 0 amide bonds. The number of para-hydroxylation sites is 2. The van der Waals surface area contributed by atoms with Gasteiger partial charge in [0, 0.05) is 5.56 Å². The summed E-state index contributed by atoms with van der Waals surface area (Å²) in [7, 11) is 1.56. The Kier molecular flexibility index (Phi) is 3.69. The molecule has 5 heteroatoms. The molecule has 4 rings (SSSR count). The highest BCUT2D eigenvalue weighted by Gasteiger charge is 2.40. The average Bonchev–Trinajstić information content (AvgIpc) is 2.66. The Balaban J connectivity index is 1.93. The van der Waals surface area contributed by atoms with Gasteiger partial charge in [0.1, 0.15) is 5.75 Å². The topological polar surface area (TPSA) is 65.0 Å². The van der Waals surface area contributed by atoms with Gasteiger partial charge in [0.05, 0.1) is 7.11 Å². The third-order valence-electron chi connectivity index (χ3n) is 4.31. The van der Waals surface area contributed by atoms with Crippen LogP contribution in [0.25, 0.3) is 10.8 Å². The van der Waals surface area contributed by atoms with Gasteiger partial charge in [-0.25, -0.2) is 4.79 Å². The number of ether oxygens (including phenoxy) is 3. The first-order valence-corrected chi connectivity index (χ1v) is 7.90. The predicted octanol–water partition coefficient (Wildman–Crippen LogP) is 3.81. The SMILES string of the molecule is COc1ccc2ccccc2c1C1Oc2ccccc2OC1C(=O)O. The molecule has 0 aromatic heterocycles. The summed E-state index contributed by atoms with van der Waals surface area (Å²) in [5.74, 6) is 0.415. The highest BCUT2D eigenvalue weighted by molar-refractivity contribution is 5.89. The maximum absolute atomic E-state index is 11.8. The van der Waals surface area contributed by atoms with Crippen LogP contribution in [0.15, 0.2) is 60.7 Å². The summed E-state index contributed by atoms with van der Waals surface area (Å²) < 4.78 is 17.3. The standard InChI is InChI=1S/C20H16O5/c1-23-16-11-10-12-6-2-3-7-13(12)17(16)18-19(20(21)22)25-15-9-5-4-8-14(15)24-18/h2-11,18-19H,1H3,(H,21,22). The summed E-state index contributed by atoms with van der Waals surface area (Å²) in [6.45, 7) is 0. The number of methoxy groups -OCH3 is 1. The van der Waals surface area contributed by atoms with Crippen molar-refractivity contribution in [3.8, 4) is 17.2 Å². The van der Waals surface area contributed by atoms with E-state index in [9.17, 15) is 9.90 Å². The fraction of sp³-hybridized carbons (Fsp3) is 0.150. The van der Waals surface area contributed by atoms with E-state index in [0.29, 0.717) is 22.8 Å². The first kappa shape index (κ1) is 15.3. The molecule has 1 aliphatic rings. The summed E-state index contributed by atoms with van der Waals surface area (Å²) >= 11 is 0. The molecule has 126 valence electrons. The first-order valence-electron chi connectivity index (χ1n) is 7.90. The zero-order valence-corrected chi connectivity index (χ0v) is 13.5. The van der Waals surface area contributed by atoms with E-state index in [-0.39, 0.29) is 0 Å². The number of carbonyl (C=O) groups is 1. The molecule has 0 aliphatic carbocycles. The van der Waals surface area contributed by atoms with Gasteiger partial charge < -0.3 is 19.3 Å². The maximum Gasteiger partial charge on any atom is 0.349 e. The van der Waals surface area contributed by atoms with Crippen molar-refractivity contribution >= 4 is 16.7 Å². The minimum absolute atomic E-state index is 0.422. The molecule has 1 N–H and O–H groups in total. The number of rotatable bonds is 3. The van der Waals surface area contributed by atoms with Crippen LogP contribution in [0.3, 0.4) is 0 Å². The molecule has 25 heavy (non-hydrogen) atoms. The van der Waals surface area contributed by atoms with Crippen molar-refractivity contribution in [2.45, 2.75) is 12.2 Å². The number of benzene rings is 3. The Morgan fingerprint density at radius 1 is 0.960 bits per heavy atom. The van der Waals surface area contributed by atoms with Gasteiger partial charge in [-0.15, -0.1) is 0 Å². The number of carboxylic acid groups (broad SMARTS) is 1. The summed E-state index contributed by atoms with van der Waals surface area (Å²) in [6, 6.07) is 18.5. The molecular formula is C20H16O5. The van der Waals surface area contributed by atoms with Crippen LogP contribution >= 0.6 is 0 Å². The fourth-order valence-electron chi connectivity index (χ4n) is 3.18. The van der Waals surface area contributed by atoms with Gasteiger partial charge in [0.25, 0.3) is 0 Å². The van der Waals surface area contributed by atoms with Gasteiger partial charge in [-0.1, -0.05) is 42.5 Å². The molecule has 0 saturated carbocycles. The smallest absolute Gasteiger partial charge is 0.349 e. The second-order valence-electron chi connectivity index (χ2n) is 5.76. The molecule has 0 radical (unpaired) electrons. The lowest BCUT2D eigenvalue weighted by molar-refractivity contribution is -0.151. The van der Waals surface area contributed by atoms with Crippen LogP contribution in [0.1, 0.15) is 11.7 Å². The zero-order chi connectivity index (χ0) is 17.4. The van der Waals surface area contributed by atoms with Crippen molar-refractivity contribution in [2.24, 2.45) is 0 Å². The first-order chi connectivity index (χ1) is 12.2. The molecule has 0 saturated heterocycles. The van der Waals surface area contributed by atoms with Crippen molar-refractivity contribution in [1.82, 2.24) is 0 Å². The highest BCUT2D eigenvalue weighted by Crippen LogP contribution is 2.44. The Bertz CT molecular complexity index is 950. The minimum Gasteiger partial charge on any atom is -0.496 e. The average molecular weight is 336 g/mol. The van der Waals surface area contributed by atoms with Gasteiger partial charge in [-0.2, -0.15) is 0 Å². The van der Waals surface area contributed by atoms with Gasteiger partial charge >= 0.3 is 5.97 Å². The number of aliphatic carboxylic acids is 1. The molecule has 2 atom stereocenters. The quantitative estimate of drug-likeness (QED) is 0.788. The summed E-state index contributed by atoms with van der Waals surface area (Å²) in [5.41, 5.74) is 0.669.